The number of nitrogens with two attached hydrogens (primary N) is 1. The van der Waals surface area contributed by atoms with Crippen LogP contribution in [0.5, 0.6) is 0 Å². The first-order valence-electron chi connectivity index (χ1n) is 6.06. The summed E-state index contributed by atoms with van der Waals surface area (Å²) in [5, 5.41) is 0. The third-order valence-electron chi connectivity index (χ3n) is 4.08. The van der Waals surface area contributed by atoms with Crippen LogP contribution in [0.2, 0.25) is 0 Å². The fourth-order valence-electron chi connectivity index (χ4n) is 2.98. The maximum atomic E-state index is 6.14. The van der Waals surface area contributed by atoms with Crippen molar-refractivity contribution in [2.45, 2.75) is 45.6 Å². The van der Waals surface area contributed by atoms with E-state index in [-0.39, 0.29) is 0 Å². The van der Waals surface area contributed by atoms with E-state index in [9.17, 15) is 0 Å². The first kappa shape index (κ1) is 10.4. The molecule has 1 atom stereocenters. The molecule has 2 rings (SSSR count). The average molecular weight is 196 g/mol. The molecule has 14 heavy (non-hydrogen) atoms. The second-order valence-corrected chi connectivity index (χ2v) is 5.94. The second-order valence-electron chi connectivity index (χ2n) is 5.94. The monoisotopic (exact) mass is 196 g/mol. The maximum absolute atomic E-state index is 6.14. The van der Waals surface area contributed by atoms with E-state index in [1.54, 1.807) is 0 Å². The summed E-state index contributed by atoms with van der Waals surface area (Å²) in [6, 6.07) is 0.379. The van der Waals surface area contributed by atoms with Gasteiger partial charge >= 0.3 is 0 Å². The molecule has 2 aliphatic rings. The lowest BCUT2D eigenvalue weighted by Gasteiger charge is -2.23. The Morgan fingerprint density at radius 3 is 2.43 bits per heavy atom. The van der Waals surface area contributed by atoms with Crippen LogP contribution in [0.3, 0.4) is 0 Å². The van der Waals surface area contributed by atoms with Crippen molar-refractivity contribution < 1.29 is 0 Å². The van der Waals surface area contributed by atoms with Gasteiger partial charge in [0, 0.05) is 25.7 Å². The van der Waals surface area contributed by atoms with Crippen LogP contribution >= 0.6 is 0 Å². The number of rotatable bonds is 2. The molecule has 1 unspecified atom stereocenters. The van der Waals surface area contributed by atoms with E-state index in [0.717, 1.165) is 12.5 Å². The number of hydrogen-bond donors (Lipinski definition) is 1. The molecule has 1 saturated heterocycles. The van der Waals surface area contributed by atoms with Crippen LogP contribution in [0, 0.1) is 11.3 Å². The van der Waals surface area contributed by atoms with E-state index in [1.807, 2.05) is 0 Å². The minimum Gasteiger partial charge on any atom is -0.326 e. The highest BCUT2D eigenvalue weighted by Gasteiger charge is 2.37. The molecule has 2 fully saturated rings. The number of nitrogens with zero attached hydrogens (tertiary/aromatic N) is 1. The van der Waals surface area contributed by atoms with Crippen molar-refractivity contribution in [2.24, 2.45) is 17.1 Å². The predicted octanol–water partition coefficient (Wildman–Crippen LogP) is 1.85. The SMILES string of the molecule is CC1(C)CN(CC2CCCC2)CC1N. The first-order valence-corrected chi connectivity index (χ1v) is 6.06. The molecule has 0 aromatic heterocycles. The Morgan fingerprint density at radius 2 is 1.93 bits per heavy atom. The summed E-state index contributed by atoms with van der Waals surface area (Å²) in [5.41, 5.74) is 6.47. The molecular formula is C12H24N2. The van der Waals surface area contributed by atoms with Crippen molar-refractivity contribution in [1.29, 1.82) is 0 Å². The Balaban J connectivity index is 1.83. The van der Waals surface area contributed by atoms with Gasteiger partial charge in [-0.2, -0.15) is 0 Å². The highest BCUT2D eigenvalue weighted by molar-refractivity contribution is 4.94. The van der Waals surface area contributed by atoms with Gasteiger partial charge in [0.2, 0.25) is 0 Å². The Hall–Kier alpha value is -0.0800. The zero-order chi connectivity index (χ0) is 10.2. The van der Waals surface area contributed by atoms with E-state index in [4.69, 9.17) is 5.73 Å². The van der Waals surface area contributed by atoms with Crippen molar-refractivity contribution in [3.05, 3.63) is 0 Å². The summed E-state index contributed by atoms with van der Waals surface area (Å²) >= 11 is 0. The molecule has 1 heterocycles. The van der Waals surface area contributed by atoms with E-state index >= 15 is 0 Å². The smallest absolute Gasteiger partial charge is 0.0232 e. The van der Waals surface area contributed by atoms with Crippen LogP contribution in [0.15, 0.2) is 0 Å². The number of likely N-dealkylation sites (tertiary alicyclic amines) is 1. The lowest BCUT2D eigenvalue weighted by molar-refractivity contribution is 0.250. The summed E-state index contributed by atoms with van der Waals surface area (Å²) in [6.45, 7) is 8.21. The van der Waals surface area contributed by atoms with Crippen molar-refractivity contribution >= 4 is 0 Å². The van der Waals surface area contributed by atoms with Crippen molar-refractivity contribution in [3.63, 3.8) is 0 Å². The Bertz CT molecular complexity index is 194. The topological polar surface area (TPSA) is 29.3 Å². The third kappa shape index (κ3) is 2.12. The molecule has 1 aliphatic heterocycles. The summed E-state index contributed by atoms with van der Waals surface area (Å²) in [7, 11) is 0. The van der Waals surface area contributed by atoms with Crippen LogP contribution in [-0.4, -0.2) is 30.6 Å². The van der Waals surface area contributed by atoms with Gasteiger partial charge in [-0.1, -0.05) is 26.7 Å². The van der Waals surface area contributed by atoms with Crippen LogP contribution in [-0.2, 0) is 0 Å². The second kappa shape index (κ2) is 3.82. The van der Waals surface area contributed by atoms with E-state index in [2.05, 4.69) is 18.7 Å². The molecule has 2 heteroatoms. The zero-order valence-corrected chi connectivity index (χ0v) is 9.63. The van der Waals surface area contributed by atoms with E-state index in [0.29, 0.717) is 11.5 Å². The lowest BCUT2D eigenvalue weighted by atomic mass is 9.89. The third-order valence-corrected chi connectivity index (χ3v) is 4.08. The largest absolute Gasteiger partial charge is 0.326 e. The van der Waals surface area contributed by atoms with Gasteiger partial charge < -0.3 is 10.6 Å². The fourth-order valence-corrected chi connectivity index (χ4v) is 2.98. The molecule has 0 aromatic rings. The minimum atomic E-state index is 0.332. The lowest BCUT2D eigenvalue weighted by Crippen LogP contribution is -2.35. The first-order chi connectivity index (χ1) is 6.58. The van der Waals surface area contributed by atoms with Crippen LogP contribution in [0.4, 0.5) is 0 Å². The molecule has 82 valence electrons. The van der Waals surface area contributed by atoms with Crippen molar-refractivity contribution in [3.8, 4) is 0 Å². The van der Waals surface area contributed by atoms with Gasteiger partial charge in [-0.15, -0.1) is 0 Å². The molecule has 2 N–H and O–H groups in total. The zero-order valence-electron chi connectivity index (χ0n) is 9.63. The van der Waals surface area contributed by atoms with Crippen LogP contribution in [0.25, 0.3) is 0 Å². The molecule has 0 aromatic carbocycles. The molecule has 2 nitrogen and oxygen atoms in total. The summed E-state index contributed by atoms with van der Waals surface area (Å²) < 4.78 is 0. The minimum absolute atomic E-state index is 0.332. The molecule has 1 aliphatic carbocycles. The molecule has 1 saturated carbocycles. The van der Waals surface area contributed by atoms with Gasteiger partial charge in [0.25, 0.3) is 0 Å². The molecule has 0 bridgehead atoms. The molecular weight excluding hydrogens is 172 g/mol. The van der Waals surface area contributed by atoms with Crippen LogP contribution in [0.1, 0.15) is 39.5 Å². The molecule has 0 radical (unpaired) electrons. The predicted molar refractivity (Wildman–Crippen MR) is 60.2 cm³/mol. The summed E-state index contributed by atoms with van der Waals surface area (Å²) in [4.78, 5) is 2.58. The highest BCUT2D eigenvalue weighted by Crippen LogP contribution is 2.31. The van der Waals surface area contributed by atoms with Gasteiger partial charge in [0.1, 0.15) is 0 Å². The fraction of sp³-hybridized carbons (Fsp3) is 1.00. The van der Waals surface area contributed by atoms with Gasteiger partial charge in [-0.05, 0) is 24.2 Å². The van der Waals surface area contributed by atoms with Gasteiger partial charge in [0.05, 0.1) is 0 Å². The van der Waals surface area contributed by atoms with Crippen LogP contribution < -0.4 is 5.73 Å². The maximum Gasteiger partial charge on any atom is 0.0232 e. The standard InChI is InChI=1S/C12H24N2/c1-12(2)9-14(8-11(12)13)7-10-5-3-4-6-10/h10-11H,3-9,13H2,1-2H3. The van der Waals surface area contributed by atoms with Crippen molar-refractivity contribution in [2.75, 3.05) is 19.6 Å². The number of hydrogen-bond acceptors (Lipinski definition) is 2. The van der Waals surface area contributed by atoms with Gasteiger partial charge in [-0.25, -0.2) is 0 Å². The molecule has 0 amide bonds. The van der Waals surface area contributed by atoms with Gasteiger partial charge in [-0.3, -0.25) is 0 Å². The summed E-state index contributed by atoms with van der Waals surface area (Å²) in [6.07, 6.45) is 5.81. The Kier molecular flexibility index (Phi) is 2.85. The summed E-state index contributed by atoms with van der Waals surface area (Å²) in [5.74, 6) is 0.969. The highest BCUT2D eigenvalue weighted by atomic mass is 15.2. The van der Waals surface area contributed by atoms with E-state index < -0.39 is 0 Å². The van der Waals surface area contributed by atoms with E-state index in [1.165, 1.54) is 38.8 Å². The Morgan fingerprint density at radius 1 is 1.29 bits per heavy atom. The molecule has 0 spiro atoms. The normalized spacial score (nSPS) is 34.1. The quantitative estimate of drug-likeness (QED) is 0.730. The Labute approximate surface area is 87.8 Å². The van der Waals surface area contributed by atoms with Crippen molar-refractivity contribution in [1.82, 2.24) is 4.90 Å². The average Bonchev–Trinajstić information content (AvgIpc) is 2.62. The van der Waals surface area contributed by atoms with Gasteiger partial charge in [0.15, 0.2) is 0 Å².